The van der Waals surface area contributed by atoms with Crippen molar-refractivity contribution in [3.63, 3.8) is 0 Å². The van der Waals surface area contributed by atoms with Crippen LogP contribution in [-0.4, -0.2) is 24.1 Å². The minimum absolute atomic E-state index is 0.0120. The molecule has 1 aliphatic rings. The Balaban J connectivity index is 1.42. The molecule has 1 aliphatic carbocycles. The van der Waals surface area contributed by atoms with E-state index in [4.69, 9.17) is 9.15 Å². The summed E-state index contributed by atoms with van der Waals surface area (Å²) in [6.07, 6.45) is -2.65. The van der Waals surface area contributed by atoms with Crippen LogP contribution < -0.4 is 21.0 Å². The van der Waals surface area contributed by atoms with E-state index >= 15 is 0 Å². The average molecular weight is 500 g/mol. The second kappa shape index (κ2) is 10.5. The van der Waals surface area contributed by atoms with Crippen molar-refractivity contribution >= 4 is 23.2 Å². The molecule has 0 aliphatic heterocycles. The van der Waals surface area contributed by atoms with E-state index in [1.54, 1.807) is 31.2 Å². The van der Waals surface area contributed by atoms with E-state index < -0.39 is 23.6 Å². The SMILES string of the molecule is Cc1c(C(=O)NNC(=O)COc2ccccc2)oc2c1/C(=N/Nc1cccc(C(F)(F)F)c1)CCC2. The van der Waals surface area contributed by atoms with Gasteiger partial charge in [0.1, 0.15) is 11.5 Å². The fourth-order valence-corrected chi connectivity index (χ4v) is 3.78. The number of fused-ring (bicyclic) bond motifs is 1. The monoisotopic (exact) mass is 500 g/mol. The highest BCUT2D eigenvalue weighted by atomic mass is 19.4. The van der Waals surface area contributed by atoms with Gasteiger partial charge < -0.3 is 9.15 Å². The van der Waals surface area contributed by atoms with Gasteiger partial charge in [0.2, 0.25) is 0 Å². The van der Waals surface area contributed by atoms with Gasteiger partial charge in [0.15, 0.2) is 12.4 Å². The van der Waals surface area contributed by atoms with Gasteiger partial charge in [0.05, 0.1) is 17.0 Å². The Morgan fingerprint density at radius 1 is 1.06 bits per heavy atom. The fourth-order valence-electron chi connectivity index (χ4n) is 3.78. The lowest BCUT2D eigenvalue weighted by atomic mass is 9.93. The average Bonchev–Trinajstić information content (AvgIpc) is 3.22. The van der Waals surface area contributed by atoms with Crippen molar-refractivity contribution in [1.82, 2.24) is 10.9 Å². The molecule has 3 N–H and O–H groups in total. The van der Waals surface area contributed by atoms with Crippen LogP contribution in [-0.2, 0) is 17.4 Å². The molecule has 0 atom stereocenters. The van der Waals surface area contributed by atoms with Gasteiger partial charge in [-0.1, -0.05) is 24.3 Å². The zero-order valence-corrected chi connectivity index (χ0v) is 19.2. The van der Waals surface area contributed by atoms with E-state index in [-0.39, 0.29) is 18.1 Å². The lowest BCUT2D eigenvalue weighted by molar-refractivity contribution is -0.137. The van der Waals surface area contributed by atoms with Crippen LogP contribution in [0.2, 0.25) is 0 Å². The number of anilines is 1. The van der Waals surface area contributed by atoms with Crippen LogP contribution in [0, 0.1) is 6.92 Å². The van der Waals surface area contributed by atoms with Gasteiger partial charge in [-0.15, -0.1) is 0 Å². The maximum Gasteiger partial charge on any atom is 0.416 e. The van der Waals surface area contributed by atoms with Crippen LogP contribution in [0.15, 0.2) is 64.1 Å². The number of amides is 2. The van der Waals surface area contributed by atoms with E-state index in [0.29, 0.717) is 47.6 Å². The standard InChI is InChI=1S/C25H23F3N4O4/c1-15-22-19(30-29-17-8-5-7-16(13-17)25(26,27)28)11-6-12-20(22)36-23(15)24(34)32-31-21(33)14-35-18-9-3-2-4-10-18/h2-5,7-10,13,29H,6,11-12,14H2,1H3,(H,31,33)(H,32,34)/b30-19+. The summed E-state index contributed by atoms with van der Waals surface area (Å²) in [6.45, 7) is 1.39. The van der Waals surface area contributed by atoms with Crippen LogP contribution in [0.25, 0.3) is 0 Å². The summed E-state index contributed by atoms with van der Waals surface area (Å²) in [6, 6.07) is 13.5. The Labute approximate surface area is 204 Å². The third-order valence-corrected chi connectivity index (χ3v) is 5.47. The van der Waals surface area contributed by atoms with Crippen LogP contribution in [0.4, 0.5) is 18.9 Å². The summed E-state index contributed by atoms with van der Waals surface area (Å²) in [4.78, 5) is 24.7. The summed E-state index contributed by atoms with van der Waals surface area (Å²) in [5.41, 5.74) is 8.36. The number of carbonyl (C=O) groups is 2. The van der Waals surface area contributed by atoms with Crippen molar-refractivity contribution in [3.05, 3.63) is 82.8 Å². The molecule has 0 bridgehead atoms. The number of benzene rings is 2. The third kappa shape index (κ3) is 5.85. The number of nitrogens with zero attached hydrogens (tertiary/aromatic N) is 1. The highest BCUT2D eigenvalue weighted by Gasteiger charge is 2.31. The number of carbonyl (C=O) groups excluding carboxylic acids is 2. The van der Waals surface area contributed by atoms with E-state index in [1.807, 2.05) is 6.07 Å². The second-order valence-corrected chi connectivity index (χ2v) is 8.06. The minimum Gasteiger partial charge on any atom is -0.484 e. The number of para-hydroxylation sites is 1. The number of hydrogen-bond acceptors (Lipinski definition) is 6. The number of alkyl halides is 3. The molecular weight excluding hydrogens is 477 g/mol. The summed E-state index contributed by atoms with van der Waals surface area (Å²) in [5, 5.41) is 4.30. The van der Waals surface area contributed by atoms with Gasteiger partial charge in [-0.25, -0.2) is 0 Å². The van der Waals surface area contributed by atoms with E-state index in [0.717, 1.165) is 12.1 Å². The number of aryl methyl sites for hydroxylation is 1. The predicted molar refractivity (Wildman–Crippen MR) is 126 cm³/mol. The van der Waals surface area contributed by atoms with Crippen LogP contribution in [0.5, 0.6) is 5.75 Å². The van der Waals surface area contributed by atoms with Gasteiger partial charge in [0.25, 0.3) is 5.91 Å². The van der Waals surface area contributed by atoms with Crippen molar-refractivity contribution in [1.29, 1.82) is 0 Å². The molecule has 3 aromatic rings. The summed E-state index contributed by atoms with van der Waals surface area (Å²) in [7, 11) is 0. The molecule has 36 heavy (non-hydrogen) atoms. The molecule has 2 aromatic carbocycles. The zero-order valence-electron chi connectivity index (χ0n) is 19.2. The van der Waals surface area contributed by atoms with Crippen molar-refractivity contribution < 1.29 is 31.9 Å². The number of ether oxygens (including phenoxy) is 1. The second-order valence-electron chi connectivity index (χ2n) is 8.06. The first-order chi connectivity index (χ1) is 17.2. The number of halogens is 3. The summed E-state index contributed by atoms with van der Waals surface area (Å²) < 4.78 is 50.0. The quantitative estimate of drug-likeness (QED) is 0.429. The maximum absolute atomic E-state index is 13.0. The number of nitrogens with one attached hydrogen (secondary N) is 3. The Hall–Kier alpha value is -4.28. The van der Waals surface area contributed by atoms with Crippen LogP contribution >= 0.6 is 0 Å². The smallest absolute Gasteiger partial charge is 0.416 e. The Morgan fingerprint density at radius 3 is 2.58 bits per heavy atom. The van der Waals surface area contributed by atoms with E-state index in [9.17, 15) is 22.8 Å². The van der Waals surface area contributed by atoms with Crippen molar-refractivity contribution in [2.75, 3.05) is 12.0 Å². The highest BCUT2D eigenvalue weighted by molar-refractivity contribution is 6.06. The molecule has 8 nitrogen and oxygen atoms in total. The maximum atomic E-state index is 13.0. The summed E-state index contributed by atoms with van der Waals surface area (Å²) >= 11 is 0. The Morgan fingerprint density at radius 2 is 1.83 bits per heavy atom. The number of hydrogen-bond donors (Lipinski definition) is 3. The van der Waals surface area contributed by atoms with Gasteiger partial charge in [-0.3, -0.25) is 25.9 Å². The van der Waals surface area contributed by atoms with Crippen molar-refractivity contribution in [2.45, 2.75) is 32.4 Å². The van der Waals surface area contributed by atoms with Crippen LogP contribution in [0.3, 0.4) is 0 Å². The van der Waals surface area contributed by atoms with Gasteiger partial charge >= 0.3 is 12.1 Å². The molecule has 0 fully saturated rings. The van der Waals surface area contributed by atoms with Crippen molar-refractivity contribution in [3.8, 4) is 5.75 Å². The Kier molecular flexibility index (Phi) is 7.28. The molecule has 2 amide bonds. The third-order valence-electron chi connectivity index (χ3n) is 5.47. The largest absolute Gasteiger partial charge is 0.484 e. The van der Waals surface area contributed by atoms with E-state index in [1.165, 1.54) is 12.1 Å². The fraction of sp³-hybridized carbons (Fsp3) is 0.240. The molecule has 0 radical (unpaired) electrons. The molecule has 0 unspecified atom stereocenters. The number of hydrazine groups is 1. The Bertz CT molecular complexity index is 1290. The van der Waals surface area contributed by atoms with Crippen molar-refractivity contribution in [2.24, 2.45) is 5.10 Å². The first-order valence-electron chi connectivity index (χ1n) is 11.1. The zero-order chi connectivity index (χ0) is 25.7. The number of rotatable bonds is 6. The predicted octanol–water partition coefficient (Wildman–Crippen LogP) is 4.60. The minimum atomic E-state index is -4.46. The molecule has 1 heterocycles. The first-order valence-corrected chi connectivity index (χ1v) is 11.1. The normalized spacial score (nSPS) is 14.2. The molecule has 0 saturated heterocycles. The number of hydrazone groups is 1. The molecule has 1 aromatic heterocycles. The van der Waals surface area contributed by atoms with Gasteiger partial charge in [-0.05, 0) is 50.1 Å². The molecular formula is C25H23F3N4O4. The van der Waals surface area contributed by atoms with Gasteiger partial charge in [0, 0.05) is 17.5 Å². The van der Waals surface area contributed by atoms with E-state index in [2.05, 4.69) is 21.4 Å². The first kappa shape index (κ1) is 24.8. The molecule has 0 saturated carbocycles. The lowest BCUT2D eigenvalue weighted by Crippen LogP contribution is -2.43. The highest BCUT2D eigenvalue weighted by Crippen LogP contribution is 2.32. The molecule has 11 heteroatoms. The van der Waals surface area contributed by atoms with Gasteiger partial charge in [-0.2, -0.15) is 18.3 Å². The topological polar surface area (TPSA) is 105 Å². The van der Waals surface area contributed by atoms with Crippen LogP contribution in [0.1, 0.15) is 45.8 Å². The number of furan rings is 1. The molecule has 0 spiro atoms. The summed E-state index contributed by atoms with van der Waals surface area (Å²) in [5.74, 6) is -0.141. The lowest BCUT2D eigenvalue weighted by Gasteiger charge is -2.14. The molecule has 188 valence electrons. The molecule has 4 rings (SSSR count).